The van der Waals surface area contributed by atoms with E-state index in [2.05, 4.69) is 43.2 Å². The van der Waals surface area contributed by atoms with E-state index in [-0.39, 0.29) is 5.91 Å². The first-order valence-electron chi connectivity index (χ1n) is 8.37. The fraction of sp³-hybridized carbons (Fsp3) is 0.300. The number of carbonyl (C=O) groups is 1. The number of aromatic nitrogens is 1. The summed E-state index contributed by atoms with van der Waals surface area (Å²) in [6, 6.07) is 10.1. The van der Waals surface area contributed by atoms with E-state index in [9.17, 15) is 4.79 Å². The average molecular weight is 354 g/mol. The number of fused-ring (bicyclic) bond motifs is 1. The average Bonchev–Trinajstić information content (AvgIpc) is 2.94. The number of nitrogens with one attached hydrogen (secondary N) is 1. The molecule has 0 bridgehead atoms. The summed E-state index contributed by atoms with van der Waals surface area (Å²) < 4.78 is 6.61. The number of hydrogen-bond acceptors (Lipinski definition) is 4. The lowest BCUT2D eigenvalue weighted by Gasteiger charge is -2.10. The minimum Gasteiger partial charge on any atom is -0.492 e. The maximum atomic E-state index is 12.5. The Balaban J connectivity index is 1.80. The fourth-order valence-electron chi connectivity index (χ4n) is 3.06. The summed E-state index contributed by atoms with van der Waals surface area (Å²) in [7, 11) is 0. The predicted octanol–water partition coefficient (Wildman–Crippen LogP) is 4.80. The summed E-state index contributed by atoms with van der Waals surface area (Å²) in [6.45, 7) is 8.70. The molecule has 2 aromatic carbocycles. The second-order valence-electron chi connectivity index (χ2n) is 6.16. The van der Waals surface area contributed by atoms with Crippen LogP contribution in [0.2, 0.25) is 0 Å². The summed E-state index contributed by atoms with van der Waals surface area (Å²) >= 11 is 1.46. The van der Waals surface area contributed by atoms with Crippen molar-refractivity contribution in [3.8, 4) is 5.75 Å². The minimum absolute atomic E-state index is 0.0490. The molecule has 0 aliphatic rings. The third-order valence-corrected chi connectivity index (χ3v) is 5.04. The van der Waals surface area contributed by atoms with E-state index in [4.69, 9.17) is 4.74 Å². The number of aryl methyl sites for hydroxylation is 3. The molecule has 0 spiro atoms. The molecule has 0 radical (unpaired) electrons. The standard InChI is InChI=1S/C20H22N2O2S/c1-5-24-16-7-6-8-17-19(16)22-20(25-17)21-18(23)11-15-13(3)9-12(2)10-14(15)4/h6-10H,5,11H2,1-4H3,(H,21,22,23). The number of hydrogen-bond donors (Lipinski definition) is 1. The maximum Gasteiger partial charge on any atom is 0.230 e. The predicted molar refractivity (Wildman–Crippen MR) is 104 cm³/mol. The number of amides is 1. The highest BCUT2D eigenvalue weighted by molar-refractivity contribution is 7.22. The molecule has 0 aliphatic carbocycles. The Kier molecular flexibility index (Phi) is 5.04. The third-order valence-electron chi connectivity index (χ3n) is 4.11. The van der Waals surface area contributed by atoms with Gasteiger partial charge in [0.15, 0.2) is 5.13 Å². The summed E-state index contributed by atoms with van der Waals surface area (Å²) in [5.74, 6) is 0.703. The van der Waals surface area contributed by atoms with Crippen LogP contribution in [0.3, 0.4) is 0 Å². The van der Waals surface area contributed by atoms with Crippen molar-refractivity contribution < 1.29 is 9.53 Å². The molecule has 1 amide bonds. The zero-order chi connectivity index (χ0) is 18.0. The van der Waals surface area contributed by atoms with Gasteiger partial charge in [0.25, 0.3) is 0 Å². The summed E-state index contributed by atoms with van der Waals surface area (Å²) in [5.41, 5.74) is 5.39. The first-order chi connectivity index (χ1) is 12.0. The van der Waals surface area contributed by atoms with Gasteiger partial charge in [-0.1, -0.05) is 35.1 Å². The molecular formula is C20H22N2O2S. The van der Waals surface area contributed by atoms with Gasteiger partial charge in [0.1, 0.15) is 11.3 Å². The van der Waals surface area contributed by atoms with Crippen molar-refractivity contribution in [3.05, 3.63) is 52.6 Å². The number of thiazole rings is 1. The molecule has 1 heterocycles. The van der Waals surface area contributed by atoms with Gasteiger partial charge in [-0.05, 0) is 56.5 Å². The molecule has 0 saturated heterocycles. The molecule has 1 aromatic heterocycles. The highest BCUT2D eigenvalue weighted by atomic mass is 32.1. The van der Waals surface area contributed by atoms with Crippen molar-refractivity contribution in [1.82, 2.24) is 4.98 Å². The van der Waals surface area contributed by atoms with Crippen molar-refractivity contribution in [2.75, 3.05) is 11.9 Å². The van der Waals surface area contributed by atoms with Crippen molar-refractivity contribution in [1.29, 1.82) is 0 Å². The number of carbonyl (C=O) groups excluding carboxylic acids is 1. The van der Waals surface area contributed by atoms with E-state index in [1.807, 2.05) is 25.1 Å². The SMILES string of the molecule is CCOc1cccc2sc(NC(=O)Cc3c(C)cc(C)cc3C)nc12. The van der Waals surface area contributed by atoms with E-state index in [0.29, 0.717) is 18.2 Å². The van der Waals surface area contributed by atoms with Crippen LogP contribution in [0.15, 0.2) is 30.3 Å². The van der Waals surface area contributed by atoms with Gasteiger partial charge >= 0.3 is 0 Å². The molecular weight excluding hydrogens is 332 g/mol. The van der Waals surface area contributed by atoms with Crippen LogP contribution in [0, 0.1) is 20.8 Å². The maximum absolute atomic E-state index is 12.5. The van der Waals surface area contributed by atoms with Crippen LogP contribution in [-0.4, -0.2) is 17.5 Å². The molecule has 5 heteroatoms. The van der Waals surface area contributed by atoms with Crippen LogP contribution in [0.1, 0.15) is 29.2 Å². The normalized spacial score (nSPS) is 10.9. The Bertz CT molecular complexity index is 908. The van der Waals surface area contributed by atoms with Crippen molar-refractivity contribution in [2.24, 2.45) is 0 Å². The molecule has 0 atom stereocenters. The molecule has 25 heavy (non-hydrogen) atoms. The quantitative estimate of drug-likeness (QED) is 0.716. The van der Waals surface area contributed by atoms with E-state index in [1.165, 1.54) is 16.9 Å². The molecule has 0 aliphatic heterocycles. The molecule has 4 nitrogen and oxygen atoms in total. The number of para-hydroxylation sites is 1. The first kappa shape index (κ1) is 17.4. The molecule has 130 valence electrons. The van der Waals surface area contributed by atoms with E-state index in [1.54, 1.807) is 0 Å². The number of ether oxygens (including phenoxy) is 1. The third kappa shape index (κ3) is 3.82. The topological polar surface area (TPSA) is 51.2 Å². The van der Waals surface area contributed by atoms with Crippen molar-refractivity contribution >= 4 is 32.6 Å². The number of benzene rings is 2. The number of nitrogens with zero attached hydrogens (tertiary/aromatic N) is 1. The molecule has 0 unspecified atom stereocenters. The van der Waals surface area contributed by atoms with Gasteiger partial charge in [0.05, 0.1) is 17.7 Å². The van der Waals surface area contributed by atoms with Gasteiger partial charge < -0.3 is 10.1 Å². The van der Waals surface area contributed by atoms with E-state index < -0.39 is 0 Å². The van der Waals surface area contributed by atoms with Gasteiger partial charge in [-0.15, -0.1) is 0 Å². The van der Waals surface area contributed by atoms with Crippen molar-refractivity contribution in [2.45, 2.75) is 34.1 Å². The molecule has 0 fully saturated rings. The van der Waals surface area contributed by atoms with Crippen LogP contribution in [0.25, 0.3) is 10.2 Å². The summed E-state index contributed by atoms with van der Waals surface area (Å²) in [5, 5.41) is 3.54. The van der Waals surface area contributed by atoms with Crippen LogP contribution in [0.4, 0.5) is 5.13 Å². The number of anilines is 1. The highest BCUT2D eigenvalue weighted by Gasteiger charge is 2.13. The Labute approximate surface area is 151 Å². The Hall–Kier alpha value is -2.40. The monoisotopic (exact) mass is 354 g/mol. The second kappa shape index (κ2) is 7.23. The lowest BCUT2D eigenvalue weighted by atomic mass is 9.97. The first-order valence-corrected chi connectivity index (χ1v) is 9.18. The summed E-state index contributed by atoms with van der Waals surface area (Å²) in [4.78, 5) is 17.0. The highest BCUT2D eigenvalue weighted by Crippen LogP contribution is 2.32. The van der Waals surface area contributed by atoms with Gasteiger partial charge in [-0.3, -0.25) is 4.79 Å². The van der Waals surface area contributed by atoms with E-state index in [0.717, 1.165) is 32.7 Å². The van der Waals surface area contributed by atoms with Crippen molar-refractivity contribution in [3.63, 3.8) is 0 Å². The number of rotatable bonds is 5. The molecule has 1 N–H and O–H groups in total. The lowest BCUT2D eigenvalue weighted by molar-refractivity contribution is -0.115. The van der Waals surface area contributed by atoms with Gasteiger partial charge in [-0.25, -0.2) is 4.98 Å². The molecule has 0 saturated carbocycles. The van der Waals surface area contributed by atoms with Crippen LogP contribution < -0.4 is 10.1 Å². The van der Waals surface area contributed by atoms with E-state index >= 15 is 0 Å². The van der Waals surface area contributed by atoms with Crippen LogP contribution >= 0.6 is 11.3 Å². The Morgan fingerprint density at radius 1 is 1.20 bits per heavy atom. The summed E-state index contributed by atoms with van der Waals surface area (Å²) in [6.07, 6.45) is 0.353. The van der Waals surface area contributed by atoms with Gasteiger partial charge in [0.2, 0.25) is 5.91 Å². The van der Waals surface area contributed by atoms with Crippen LogP contribution in [-0.2, 0) is 11.2 Å². The van der Waals surface area contributed by atoms with Crippen LogP contribution in [0.5, 0.6) is 5.75 Å². The van der Waals surface area contributed by atoms with Gasteiger partial charge in [-0.2, -0.15) is 0 Å². The minimum atomic E-state index is -0.0490. The fourth-order valence-corrected chi connectivity index (χ4v) is 3.96. The molecule has 3 aromatic rings. The zero-order valence-corrected chi connectivity index (χ0v) is 15.8. The Morgan fingerprint density at radius 3 is 2.60 bits per heavy atom. The smallest absolute Gasteiger partial charge is 0.230 e. The second-order valence-corrected chi connectivity index (χ2v) is 7.19. The Morgan fingerprint density at radius 2 is 1.92 bits per heavy atom. The largest absolute Gasteiger partial charge is 0.492 e. The van der Waals surface area contributed by atoms with Gasteiger partial charge in [0, 0.05) is 0 Å². The zero-order valence-electron chi connectivity index (χ0n) is 15.0. The lowest BCUT2D eigenvalue weighted by Crippen LogP contribution is -2.15. The molecule has 3 rings (SSSR count).